The van der Waals surface area contributed by atoms with E-state index in [0.717, 1.165) is 11.1 Å². The number of carbonyl (C=O) groups is 2. The lowest BCUT2D eigenvalue weighted by atomic mass is 10.1. The van der Waals surface area contributed by atoms with Crippen LogP contribution in [-0.4, -0.2) is 39.1 Å². The quantitative estimate of drug-likeness (QED) is 0.206. The van der Waals surface area contributed by atoms with Crippen molar-refractivity contribution >= 4 is 23.2 Å². The third-order valence-corrected chi connectivity index (χ3v) is 6.69. The Bertz CT molecular complexity index is 1630. The summed E-state index contributed by atoms with van der Waals surface area (Å²) in [5.41, 5.74) is 9.73. The van der Waals surface area contributed by atoms with Gasteiger partial charge in [-0.3, -0.25) is 9.59 Å². The van der Waals surface area contributed by atoms with Crippen LogP contribution in [0.3, 0.4) is 0 Å². The van der Waals surface area contributed by atoms with Gasteiger partial charge < -0.3 is 30.2 Å². The summed E-state index contributed by atoms with van der Waals surface area (Å²) in [7, 11) is 3.15. The van der Waals surface area contributed by atoms with Crippen molar-refractivity contribution in [3.8, 4) is 23.3 Å². The van der Waals surface area contributed by atoms with Crippen LogP contribution < -0.4 is 30.2 Å². The number of nitrogens with two attached hydrogens (primary N) is 1. The number of methoxy groups -OCH3 is 1. The molecule has 0 aliphatic rings. The van der Waals surface area contributed by atoms with E-state index in [4.69, 9.17) is 25.2 Å². The molecule has 2 amide bonds. The van der Waals surface area contributed by atoms with Gasteiger partial charge in [0.2, 0.25) is 0 Å². The van der Waals surface area contributed by atoms with Crippen LogP contribution >= 0.6 is 0 Å². The standard InChI is InChI=1S/C34H34N4O5/c1-23-9-16-29(32(19-23)43-22-25-12-10-24(21-36)11-13-25)38(2)34(40)26-14-15-28(31(20-26)41-3)37-33(39)27-7-4-5-8-30(27)42-18-6-17-35/h4-5,7-16,19-20H,6,17-18,22,35H2,1-3H3,(H,37,39). The minimum Gasteiger partial charge on any atom is -0.495 e. The van der Waals surface area contributed by atoms with Gasteiger partial charge in [0.25, 0.3) is 11.8 Å². The van der Waals surface area contributed by atoms with E-state index >= 15 is 0 Å². The molecule has 0 unspecified atom stereocenters. The summed E-state index contributed by atoms with van der Waals surface area (Å²) in [6, 6.07) is 26.7. The van der Waals surface area contributed by atoms with Crippen molar-refractivity contribution < 1.29 is 23.8 Å². The molecule has 0 aromatic heterocycles. The average molecular weight is 579 g/mol. The molecule has 0 saturated carbocycles. The van der Waals surface area contributed by atoms with Crippen molar-refractivity contribution in [3.05, 3.63) is 113 Å². The van der Waals surface area contributed by atoms with Crippen LogP contribution in [-0.2, 0) is 6.61 Å². The molecular formula is C34H34N4O5. The smallest absolute Gasteiger partial charge is 0.259 e. The normalized spacial score (nSPS) is 10.4. The number of ether oxygens (including phenoxy) is 3. The van der Waals surface area contributed by atoms with Crippen LogP contribution in [0.15, 0.2) is 84.9 Å². The van der Waals surface area contributed by atoms with E-state index in [2.05, 4.69) is 11.4 Å². The molecule has 0 radical (unpaired) electrons. The monoisotopic (exact) mass is 578 g/mol. The number of para-hydroxylation sites is 1. The van der Waals surface area contributed by atoms with Crippen LogP contribution in [0.5, 0.6) is 17.2 Å². The predicted octanol–water partition coefficient (Wildman–Crippen LogP) is 5.71. The fraction of sp³-hybridized carbons (Fsp3) is 0.206. The molecule has 0 heterocycles. The minimum atomic E-state index is -0.374. The summed E-state index contributed by atoms with van der Waals surface area (Å²) in [5.74, 6) is 0.665. The van der Waals surface area contributed by atoms with Gasteiger partial charge >= 0.3 is 0 Å². The molecule has 0 saturated heterocycles. The zero-order valence-electron chi connectivity index (χ0n) is 24.4. The van der Waals surface area contributed by atoms with Gasteiger partial charge in [-0.15, -0.1) is 0 Å². The predicted molar refractivity (Wildman–Crippen MR) is 166 cm³/mol. The first kappa shape index (κ1) is 30.6. The van der Waals surface area contributed by atoms with E-state index in [0.29, 0.717) is 64.9 Å². The number of benzene rings is 4. The summed E-state index contributed by atoms with van der Waals surface area (Å²) in [5, 5.41) is 11.9. The number of carbonyl (C=O) groups excluding carboxylic acids is 2. The number of nitrogens with one attached hydrogen (secondary N) is 1. The number of nitriles is 1. The molecule has 0 bridgehead atoms. The Balaban J connectivity index is 1.51. The van der Waals surface area contributed by atoms with Crippen LogP contribution in [0, 0.1) is 18.3 Å². The van der Waals surface area contributed by atoms with E-state index in [-0.39, 0.29) is 18.4 Å². The van der Waals surface area contributed by atoms with E-state index in [1.165, 1.54) is 12.0 Å². The highest BCUT2D eigenvalue weighted by Crippen LogP contribution is 2.33. The Hall–Kier alpha value is -5.33. The third kappa shape index (κ3) is 7.70. The molecular weight excluding hydrogens is 544 g/mol. The van der Waals surface area contributed by atoms with Gasteiger partial charge in [-0.05, 0) is 85.6 Å². The number of anilines is 2. The molecule has 3 N–H and O–H groups in total. The van der Waals surface area contributed by atoms with Gasteiger partial charge in [-0.1, -0.05) is 30.3 Å². The maximum atomic E-state index is 13.6. The van der Waals surface area contributed by atoms with Crippen molar-refractivity contribution in [2.45, 2.75) is 20.0 Å². The molecule has 9 nitrogen and oxygen atoms in total. The lowest BCUT2D eigenvalue weighted by molar-refractivity contribution is 0.0990. The van der Waals surface area contributed by atoms with E-state index in [1.54, 1.807) is 61.6 Å². The zero-order chi connectivity index (χ0) is 30.8. The van der Waals surface area contributed by atoms with Crippen LogP contribution in [0.1, 0.15) is 43.8 Å². The number of rotatable bonds is 12. The van der Waals surface area contributed by atoms with Crippen LogP contribution in [0.4, 0.5) is 11.4 Å². The number of amides is 2. The van der Waals surface area contributed by atoms with Crippen molar-refractivity contribution in [1.29, 1.82) is 5.26 Å². The number of nitrogens with zero attached hydrogens (tertiary/aromatic N) is 2. The maximum absolute atomic E-state index is 13.6. The van der Waals surface area contributed by atoms with Crippen molar-refractivity contribution in [3.63, 3.8) is 0 Å². The minimum absolute atomic E-state index is 0.271. The van der Waals surface area contributed by atoms with Gasteiger partial charge in [0.15, 0.2) is 0 Å². The molecule has 4 rings (SSSR count). The van der Waals surface area contributed by atoms with Crippen LogP contribution in [0.25, 0.3) is 0 Å². The molecule has 220 valence electrons. The first-order chi connectivity index (χ1) is 20.8. The molecule has 0 atom stereocenters. The molecule has 4 aromatic carbocycles. The van der Waals surface area contributed by atoms with Crippen molar-refractivity contribution in [2.75, 3.05) is 37.5 Å². The second-order valence-electron chi connectivity index (χ2n) is 9.79. The third-order valence-electron chi connectivity index (χ3n) is 6.69. The van der Waals surface area contributed by atoms with Crippen LogP contribution in [0.2, 0.25) is 0 Å². The molecule has 9 heteroatoms. The highest BCUT2D eigenvalue weighted by atomic mass is 16.5. The highest BCUT2D eigenvalue weighted by Gasteiger charge is 2.21. The Kier molecular flexibility index (Phi) is 10.3. The Morgan fingerprint density at radius 1 is 0.930 bits per heavy atom. The van der Waals surface area contributed by atoms with Gasteiger partial charge in [-0.2, -0.15) is 5.26 Å². The average Bonchev–Trinajstić information content (AvgIpc) is 3.04. The molecule has 43 heavy (non-hydrogen) atoms. The highest BCUT2D eigenvalue weighted by molar-refractivity contribution is 6.09. The van der Waals surface area contributed by atoms with Crippen molar-refractivity contribution in [1.82, 2.24) is 0 Å². The van der Waals surface area contributed by atoms with Crippen molar-refractivity contribution in [2.24, 2.45) is 5.73 Å². The SMILES string of the molecule is COc1cc(C(=O)N(C)c2ccc(C)cc2OCc2ccc(C#N)cc2)ccc1NC(=O)c1ccccc1OCCCN. The van der Waals surface area contributed by atoms with Gasteiger partial charge in [0.1, 0.15) is 23.9 Å². The lowest BCUT2D eigenvalue weighted by Crippen LogP contribution is -2.27. The molecule has 0 aliphatic carbocycles. The lowest BCUT2D eigenvalue weighted by Gasteiger charge is -2.22. The first-order valence-corrected chi connectivity index (χ1v) is 13.8. The van der Waals surface area contributed by atoms with E-state index < -0.39 is 0 Å². The van der Waals surface area contributed by atoms with E-state index in [1.807, 2.05) is 37.3 Å². The first-order valence-electron chi connectivity index (χ1n) is 13.8. The fourth-order valence-corrected chi connectivity index (χ4v) is 4.32. The topological polar surface area (TPSA) is 127 Å². The summed E-state index contributed by atoms with van der Waals surface area (Å²) in [6.07, 6.45) is 0.668. The second kappa shape index (κ2) is 14.5. The molecule has 4 aromatic rings. The second-order valence-corrected chi connectivity index (χ2v) is 9.79. The summed E-state index contributed by atoms with van der Waals surface area (Å²) >= 11 is 0. The Labute approximate surface area is 251 Å². The van der Waals surface area contributed by atoms with Gasteiger partial charge in [0, 0.05) is 12.6 Å². The number of aryl methyl sites for hydroxylation is 1. The number of hydrogen-bond acceptors (Lipinski definition) is 7. The molecule has 0 aliphatic heterocycles. The number of hydrogen-bond donors (Lipinski definition) is 2. The molecule has 0 spiro atoms. The Morgan fingerprint density at radius 3 is 2.42 bits per heavy atom. The maximum Gasteiger partial charge on any atom is 0.259 e. The zero-order valence-corrected chi connectivity index (χ0v) is 24.4. The fourth-order valence-electron chi connectivity index (χ4n) is 4.32. The molecule has 0 fully saturated rings. The summed E-state index contributed by atoms with van der Waals surface area (Å²) in [6.45, 7) is 3.11. The Morgan fingerprint density at radius 2 is 1.70 bits per heavy atom. The summed E-state index contributed by atoms with van der Waals surface area (Å²) < 4.78 is 17.4. The largest absolute Gasteiger partial charge is 0.495 e. The van der Waals surface area contributed by atoms with E-state index in [9.17, 15) is 9.59 Å². The van der Waals surface area contributed by atoms with Gasteiger partial charge in [-0.25, -0.2) is 0 Å². The summed E-state index contributed by atoms with van der Waals surface area (Å²) in [4.78, 5) is 28.2. The van der Waals surface area contributed by atoms with Gasteiger partial charge in [0.05, 0.1) is 42.3 Å².